The molecule has 0 aliphatic rings. The van der Waals surface area contributed by atoms with E-state index in [-0.39, 0.29) is 17.2 Å². The number of nitrogens with one attached hydrogen (secondary N) is 1. The van der Waals surface area contributed by atoms with Gasteiger partial charge in [-0.15, -0.1) is 11.3 Å². The Balaban J connectivity index is 2.08. The number of fused-ring (bicyclic) bond motifs is 3. The topological polar surface area (TPSA) is 79.1 Å². The first-order chi connectivity index (χ1) is 12.9. The lowest BCUT2D eigenvalue weighted by atomic mass is 9.93. The number of aryl methyl sites for hydroxylation is 1. The number of nitrogens with two attached hydrogens (primary N) is 1. The maximum atomic E-state index is 13.9. The van der Waals surface area contributed by atoms with E-state index in [4.69, 9.17) is 5.73 Å². The lowest BCUT2D eigenvalue weighted by Gasteiger charge is -2.14. The highest BCUT2D eigenvalue weighted by molar-refractivity contribution is 7.17. The molecule has 0 saturated heterocycles. The number of benzene rings is 2. The van der Waals surface area contributed by atoms with Crippen LogP contribution in [-0.2, 0) is 0 Å². The van der Waals surface area contributed by atoms with Crippen molar-refractivity contribution >= 4 is 32.3 Å². The Morgan fingerprint density at radius 3 is 2.63 bits per heavy atom. The van der Waals surface area contributed by atoms with Crippen molar-refractivity contribution in [3.63, 3.8) is 0 Å². The van der Waals surface area contributed by atoms with E-state index in [0.717, 1.165) is 28.0 Å². The van der Waals surface area contributed by atoms with Gasteiger partial charge in [-0.3, -0.25) is 4.79 Å². The van der Waals surface area contributed by atoms with E-state index in [9.17, 15) is 14.3 Å². The molecule has 2 heterocycles. The second-order valence-corrected chi connectivity index (χ2v) is 7.85. The molecule has 27 heavy (non-hydrogen) atoms. The highest BCUT2D eigenvalue weighted by Crippen LogP contribution is 2.41. The van der Waals surface area contributed by atoms with Crippen LogP contribution in [0.25, 0.3) is 32.1 Å². The fourth-order valence-electron chi connectivity index (χ4n) is 3.52. The van der Waals surface area contributed by atoms with Crippen LogP contribution >= 0.6 is 11.3 Å². The van der Waals surface area contributed by atoms with Crippen molar-refractivity contribution in [1.82, 2.24) is 4.98 Å². The molecule has 4 N–H and O–H groups in total. The van der Waals surface area contributed by atoms with Gasteiger partial charge in [-0.1, -0.05) is 31.2 Å². The molecule has 0 aliphatic carbocycles. The average molecular weight is 382 g/mol. The molecule has 1 unspecified atom stereocenters. The van der Waals surface area contributed by atoms with Crippen molar-refractivity contribution < 1.29 is 9.50 Å². The number of hydrogen-bond acceptors (Lipinski definition) is 4. The zero-order chi connectivity index (χ0) is 19.3. The van der Waals surface area contributed by atoms with Crippen molar-refractivity contribution in [2.24, 2.45) is 5.73 Å². The fourth-order valence-corrected chi connectivity index (χ4v) is 4.31. The van der Waals surface area contributed by atoms with E-state index in [1.165, 1.54) is 6.07 Å². The summed E-state index contributed by atoms with van der Waals surface area (Å²) >= 11 is 0.813. The van der Waals surface area contributed by atoms with Gasteiger partial charge in [-0.2, -0.15) is 4.39 Å². The van der Waals surface area contributed by atoms with Crippen molar-refractivity contribution in [2.75, 3.05) is 6.54 Å². The Morgan fingerprint density at radius 1 is 1.26 bits per heavy atom. The summed E-state index contributed by atoms with van der Waals surface area (Å²) in [5, 5.41) is 11.4. The molecule has 0 fully saturated rings. The van der Waals surface area contributed by atoms with Gasteiger partial charge in [0, 0.05) is 16.3 Å². The summed E-state index contributed by atoms with van der Waals surface area (Å²) in [6.07, 6.45) is 0. The molecule has 0 saturated carbocycles. The summed E-state index contributed by atoms with van der Waals surface area (Å²) in [5.74, 6) is 0.330. The molecule has 2 aromatic heterocycles. The number of pyridine rings is 1. The van der Waals surface area contributed by atoms with Crippen LogP contribution in [0.15, 0.2) is 41.2 Å². The normalized spacial score (nSPS) is 12.7. The number of hydrogen-bond donors (Lipinski definition) is 3. The van der Waals surface area contributed by atoms with E-state index in [1.807, 2.05) is 31.2 Å². The van der Waals surface area contributed by atoms with Gasteiger partial charge >= 0.3 is 0 Å². The smallest absolute Gasteiger partial charge is 0.266 e. The number of halogens is 1. The van der Waals surface area contributed by atoms with Crippen molar-refractivity contribution in [2.45, 2.75) is 19.8 Å². The first-order valence-corrected chi connectivity index (χ1v) is 9.50. The van der Waals surface area contributed by atoms with E-state index in [1.54, 1.807) is 6.07 Å². The predicted octanol–water partition coefficient (Wildman–Crippen LogP) is 4.63. The molecular formula is C21H19FN2O2S. The van der Waals surface area contributed by atoms with Gasteiger partial charge in [0.1, 0.15) is 10.4 Å². The largest absolute Gasteiger partial charge is 0.507 e. The van der Waals surface area contributed by atoms with Crippen LogP contribution in [0.3, 0.4) is 0 Å². The van der Waals surface area contributed by atoms with Gasteiger partial charge in [0.05, 0.1) is 5.52 Å². The van der Waals surface area contributed by atoms with Crippen LogP contribution in [0.2, 0.25) is 0 Å². The second kappa shape index (κ2) is 6.48. The monoisotopic (exact) mass is 382 g/mol. The Kier molecular flexibility index (Phi) is 4.25. The van der Waals surface area contributed by atoms with Gasteiger partial charge in [0.25, 0.3) is 5.56 Å². The predicted molar refractivity (Wildman–Crippen MR) is 109 cm³/mol. The number of aromatic amines is 1. The average Bonchev–Trinajstić information content (AvgIpc) is 3.05. The number of aromatic nitrogens is 1. The third-order valence-electron chi connectivity index (χ3n) is 5.04. The summed E-state index contributed by atoms with van der Waals surface area (Å²) < 4.78 is 14.3. The first-order valence-electron chi connectivity index (χ1n) is 8.68. The minimum atomic E-state index is -0.429. The van der Waals surface area contributed by atoms with Crippen molar-refractivity contribution in [3.8, 4) is 16.9 Å². The third-order valence-corrected chi connectivity index (χ3v) is 5.96. The van der Waals surface area contributed by atoms with Gasteiger partial charge < -0.3 is 15.8 Å². The Labute approximate surface area is 159 Å². The van der Waals surface area contributed by atoms with Crippen LogP contribution < -0.4 is 11.3 Å². The van der Waals surface area contributed by atoms with Crippen LogP contribution in [0, 0.1) is 12.1 Å². The van der Waals surface area contributed by atoms with Crippen LogP contribution in [-0.4, -0.2) is 16.6 Å². The molecule has 4 rings (SSSR count). The third kappa shape index (κ3) is 2.81. The lowest BCUT2D eigenvalue weighted by Crippen LogP contribution is -2.08. The SMILES string of the molecule is Cc1cc(O)c(-c2ccc(C(C)CN)cc2)c2c1[nH]c(=O)c1sc(F)cc12. The van der Waals surface area contributed by atoms with E-state index >= 15 is 0 Å². The maximum Gasteiger partial charge on any atom is 0.266 e. The number of rotatable bonds is 3. The molecule has 0 radical (unpaired) electrons. The molecule has 2 aromatic carbocycles. The number of H-pyrrole nitrogens is 1. The zero-order valence-corrected chi connectivity index (χ0v) is 15.8. The number of thiophene rings is 1. The minimum Gasteiger partial charge on any atom is -0.507 e. The molecule has 138 valence electrons. The lowest BCUT2D eigenvalue weighted by molar-refractivity contribution is 0.477. The molecule has 0 spiro atoms. The van der Waals surface area contributed by atoms with Crippen LogP contribution in [0.1, 0.15) is 24.0 Å². The summed E-state index contributed by atoms with van der Waals surface area (Å²) in [5.41, 5.74) is 9.24. The molecule has 0 amide bonds. The molecule has 1 atom stereocenters. The number of phenolic OH excluding ortho intramolecular Hbond substituents is 1. The Bertz CT molecular complexity index is 1230. The highest BCUT2D eigenvalue weighted by atomic mass is 32.1. The van der Waals surface area contributed by atoms with E-state index in [0.29, 0.717) is 33.1 Å². The standard InChI is InChI=1S/C21H19FN2O2S/c1-10-7-15(25)17(13-5-3-12(4-6-13)11(2)9-23)18-14-8-16(22)27-20(14)21(26)24-19(10)18/h3-8,11,25H,9,23H2,1-2H3,(H,24,26). The molecule has 4 aromatic rings. The van der Waals surface area contributed by atoms with Crippen LogP contribution in [0.5, 0.6) is 5.75 Å². The molecule has 6 heteroatoms. The first kappa shape index (κ1) is 17.7. The quantitative estimate of drug-likeness (QED) is 0.483. The van der Waals surface area contributed by atoms with Gasteiger partial charge in [0.15, 0.2) is 5.13 Å². The summed E-state index contributed by atoms with van der Waals surface area (Å²) in [6.45, 7) is 4.41. The van der Waals surface area contributed by atoms with Crippen molar-refractivity contribution in [3.05, 3.63) is 63.0 Å². The van der Waals surface area contributed by atoms with E-state index < -0.39 is 5.13 Å². The summed E-state index contributed by atoms with van der Waals surface area (Å²) in [6, 6.07) is 10.8. The number of aromatic hydroxyl groups is 1. The fraction of sp³-hybridized carbons (Fsp3) is 0.190. The second-order valence-electron chi connectivity index (χ2n) is 6.84. The summed E-state index contributed by atoms with van der Waals surface area (Å²) in [4.78, 5) is 15.2. The molecular weight excluding hydrogens is 363 g/mol. The summed E-state index contributed by atoms with van der Waals surface area (Å²) in [7, 11) is 0. The van der Waals surface area contributed by atoms with Gasteiger partial charge in [0.2, 0.25) is 0 Å². The minimum absolute atomic E-state index is 0.0968. The Morgan fingerprint density at radius 2 is 1.96 bits per heavy atom. The van der Waals surface area contributed by atoms with Crippen LogP contribution in [0.4, 0.5) is 4.39 Å². The van der Waals surface area contributed by atoms with Gasteiger partial charge in [-0.05, 0) is 48.2 Å². The molecule has 0 aliphatic heterocycles. The van der Waals surface area contributed by atoms with Crippen molar-refractivity contribution in [1.29, 1.82) is 0 Å². The Hall–Kier alpha value is -2.70. The molecule has 0 bridgehead atoms. The maximum absolute atomic E-state index is 13.9. The highest BCUT2D eigenvalue weighted by Gasteiger charge is 2.19. The molecule has 4 nitrogen and oxygen atoms in total. The van der Waals surface area contributed by atoms with E-state index in [2.05, 4.69) is 11.9 Å². The van der Waals surface area contributed by atoms with Gasteiger partial charge in [-0.25, -0.2) is 0 Å². The zero-order valence-electron chi connectivity index (χ0n) is 15.0. The number of phenols is 1.